The maximum atomic E-state index is 13.4. The number of nitrogens with zero attached hydrogens (tertiary/aromatic N) is 1. The van der Waals surface area contributed by atoms with Gasteiger partial charge < -0.3 is 4.98 Å². The van der Waals surface area contributed by atoms with Gasteiger partial charge in [0.25, 0.3) is 5.56 Å². The second-order valence-corrected chi connectivity index (χ2v) is 3.89. The Kier molecular flexibility index (Phi) is 3.13. The first kappa shape index (κ1) is 13.3. The van der Waals surface area contributed by atoms with Gasteiger partial charge in [0.05, 0.1) is 5.69 Å². The smallest absolute Gasteiger partial charge is 0.303 e. The van der Waals surface area contributed by atoms with Crippen LogP contribution in [0, 0.1) is 12.7 Å². The zero-order valence-electron chi connectivity index (χ0n) is 9.68. The monoisotopic (exact) mass is 272 g/mol. The molecule has 0 aliphatic rings. The number of benzene rings is 1. The molecule has 0 saturated carbocycles. The van der Waals surface area contributed by atoms with Crippen molar-refractivity contribution < 1.29 is 17.6 Å². The van der Waals surface area contributed by atoms with Gasteiger partial charge in [0.2, 0.25) is 5.82 Å². The number of hydrogen-bond acceptors (Lipinski definition) is 2. The molecule has 100 valence electrons. The van der Waals surface area contributed by atoms with Gasteiger partial charge in [-0.2, -0.15) is 13.2 Å². The van der Waals surface area contributed by atoms with Crippen LogP contribution in [0.4, 0.5) is 17.6 Å². The first-order chi connectivity index (χ1) is 8.79. The topological polar surface area (TPSA) is 45.8 Å². The summed E-state index contributed by atoms with van der Waals surface area (Å²) in [4.78, 5) is 16.2. The largest absolute Gasteiger partial charge is 0.449 e. The first-order valence-corrected chi connectivity index (χ1v) is 5.23. The Labute approximate surface area is 104 Å². The minimum Gasteiger partial charge on any atom is -0.303 e. The third kappa shape index (κ3) is 2.64. The molecule has 0 aliphatic carbocycles. The van der Waals surface area contributed by atoms with E-state index in [1.165, 1.54) is 25.1 Å². The van der Waals surface area contributed by atoms with E-state index < -0.39 is 23.4 Å². The fourth-order valence-corrected chi connectivity index (χ4v) is 1.61. The van der Waals surface area contributed by atoms with Gasteiger partial charge in [-0.3, -0.25) is 4.79 Å². The fourth-order valence-electron chi connectivity index (χ4n) is 1.61. The average Bonchev–Trinajstić information content (AvgIpc) is 2.31. The molecule has 1 aromatic carbocycles. The highest BCUT2D eigenvalue weighted by Gasteiger charge is 2.34. The summed E-state index contributed by atoms with van der Waals surface area (Å²) >= 11 is 0. The van der Waals surface area contributed by atoms with Gasteiger partial charge in [0, 0.05) is 11.6 Å². The van der Waals surface area contributed by atoms with E-state index in [0.29, 0.717) is 0 Å². The number of rotatable bonds is 1. The van der Waals surface area contributed by atoms with Crippen LogP contribution < -0.4 is 5.56 Å². The maximum absolute atomic E-state index is 13.4. The molecule has 0 bridgehead atoms. The summed E-state index contributed by atoms with van der Waals surface area (Å²) in [5.74, 6) is -1.98. The van der Waals surface area contributed by atoms with E-state index in [0.717, 1.165) is 6.07 Å². The van der Waals surface area contributed by atoms with Crippen LogP contribution in [0.1, 0.15) is 11.4 Å². The number of halogens is 4. The Morgan fingerprint density at radius 3 is 2.58 bits per heavy atom. The SMILES string of the molecule is Cc1c(F)cccc1-c1cc(=O)[nH]c(C(F)(F)F)n1. The van der Waals surface area contributed by atoms with E-state index in [9.17, 15) is 22.4 Å². The molecule has 0 saturated heterocycles. The fraction of sp³-hybridized carbons (Fsp3) is 0.167. The molecule has 1 N–H and O–H groups in total. The molecule has 0 aliphatic heterocycles. The minimum atomic E-state index is -4.77. The maximum Gasteiger partial charge on any atom is 0.449 e. The van der Waals surface area contributed by atoms with Gasteiger partial charge in [-0.05, 0) is 18.6 Å². The Morgan fingerprint density at radius 2 is 1.95 bits per heavy atom. The molecule has 1 heterocycles. The van der Waals surface area contributed by atoms with Crippen molar-refractivity contribution in [2.45, 2.75) is 13.1 Å². The highest BCUT2D eigenvalue weighted by molar-refractivity contribution is 5.63. The van der Waals surface area contributed by atoms with Crippen LogP contribution in [-0.2, 0) is 6.18 Å². The molecule has 0 spiro atoms. The van der Waals surface area contributed by atoms with Crippen molar-refractivity contribution in [3.05, 3.63) is 51.8 Å². The molecule has 7 heteroatoms. The summed E-state index contributed by atoms with van der Waals surface area (Å²) in [6.45, 7) is 1.40. The van der Waals surface area contributed by atoms with Crippen LogP contribution in [0.5, 0.6) is 0 Å². The van der Waals surface area contributed by atoms with Crippen molar-refractivity contribution in [2.75, 3.05) is 0 Å². The lowest BCUT2D eigenvalue weighted by atomic mass is 10.1. The third-order valence-corrected chi connectivity index (χ3v) is 2.55. The van der Waals surface area contributed by atoms with Crippen LogP contribution in [-0.4, -0.2) is 9.97 Å². The lowest BCUT2D eigenvalue weighted by molar-refractivity contribution is -0.145. The van der Waals surface area contributed by atoms with Gasteiger partial charge in [-0.1, -0.05) is 12.1 Å². The Bertz CT molecular complexity index is 676. The standard InChI is InChI=1S/C12H8F4N2O/c1-6-7(3-2-4-8(6)13)9-5-10(19)18-11(17-9)12(14,15)16/h2-5H,1H3,(H,17,18,19). The van der Waals surface area contributed by atoms with E-state index >= 15 is 0 Å². The number of alkyl halides is 3. The van der Waals surface area contributed by atoms with Crippen LogP contribution in [0.15, 0.2) is 29.1 Å². The number of aromatic nitrogens is 2. The van der Waals surface area contributed by atoms with Crippen molar-refractivity contribution in [2.24, 2.45) is 0 Å². The molecular weight excluding hydrogens is 264 g/mol. The van der Waals surface area contributed by atoms with E-state index in [-0.39, 0.29) is 16.8 Å². The zero-order valence-corrected chi connectivity index (χ0v) is 9.68. The Balaban J connectivity index is 2.67. The second-order valence-electron chi connectivity index (χ2n) is 3.89. The Hall–Kier alpha value is -2.18. The van der Waals surface area contributed by atoms with E-state index in [1.54, 1.807) is 4.98 Å². The van der Waals surface area contributed by atoms with E-state index in [1.807, 2.05) is 0 Å². The highest BCUT2D eigenvalue weighted by Crippen LogP contribution is 2.28. The summed E-state index contributed by atoms with van der Waals surface area (Å²) in [5.41, 5.74) is -0.876. The first-order valence-electron chi connectivity index (χ1n) is 5.23. The molecule has 3 nitrogen and oxygen atoms in total. The van der Waals surface area contributed by atoms with Crippen LogP contribution in [0.2, 0.25) is 0 Å². The van der Waals surface area contributed by atoms with Gasteiger partial charge in [-0.15, -0.1) is 0 Å². The number of H-pyrrole nitrogens is 1. The normalized spacial score (nSPS) is 11.6. The number of aromatic amines is 1. The second kappa shape index (κ2) is 4.49. The number of hydrogen-bond donors (Lipinski definition) is 1. The Morgan fingerprint density at radius 1 is 1.26 bits per heavy atom. The summed E-state index contributed by atoms with van der Waals surface area (Å²) in [5, 5.41) is 0. The molecule has 0 unspecified atom stereocenters. The van der Waals surface area contributed by atoms with Gasteiger partial charge in [0.1, 0.15) is 5.82 Å². The van der Waals surface area contributed by atoms with Crippen molar-refractivity contribution in [3.8, 4) is 11.3 Å². The summed E-state index contributed by atoms with van der Waals surface area (Å²) < 4.78 is 51.0. The summed E-state index contributed by atoms with van der Waals surface area (Å²) in [6, 6.07) is 4.82. The van der Waals surface area contributed by atoms with Crippen molar-refractivity contribution in [1.29, 1.82) is 0 Å². The molecule has 2 rings (SSSR count). The van der Waals surface area contributed by atoms with Crippen LogP contribution >= 0.6 is 0 Å². The minimum absolute atomic E-state index is 0.133. The lowest BCUT2D eigenvalue weighted by Gasteiger charge is -2.09. The van der Waals surface area contributed by atoms with E-state index in [2.05, 4.69) is 4.98 Å². The van der Waals surface area contributed by atoms with Gasteiger partial charge >= 0.3 is 6.18 Å². The molecule has 2 aromatic rings. The summed E-state index contributed by atoms with van der Waals surface area (Å²) in [6.07, 6.45) is -4.77. The molecule has 0 radical (unpaired) electrons. The number of nitrogens with one attached hydrogen (secondary N) is 1. The highest BCUT2D eigenvalue weighted by atomic mass is 19.4. The van der Waals surface area contributed by atoms with Crippen molar-refractivity contribution in [1.82, 2.24) is 9.97 Å². The lowest BCUT2D eigenvalue weighted by Crippen LogP contribution is -2.19. The van der Waals surface area contributed by atoms with Crippen molar-refractivity contribution >= 4 is 0 Å². The quantitative estimate of drug-likeness (QED) is 0.811. The zero-order chi connectivity index (χ0) is 14.2. The average molecular weight is 272 g/mol. The van der Waals surface area contributed by atoms with Crippen LogP contribution in [0.25, 0.3) is 11.3 Å². The molecule has 19 heavy (non-hydrogen) atoms. The molecular formula is C12H8F4N2O. The molecule has 1 aromatic heterocycles. The predicted octanol–water partition coefficient (Wildman–Crippen LogP) is 2.90. The van der Waals surface area contributed by atoms with Gasteiger partial charge in [-0.25, -0.2) is 9.37 Å². The van der Waals surface area contributed by atoms with Crippen molar-refractivity contribution in [3.63, 3.8) is 0 Å². The molecule has 0 fully saturated rings. The predicted molar refractivity (Wildman–Crippen MR) is 60.0 cm³/mol. The molecule has 0 atom stereocenters. The van der Waals surface area contributed by atoms with Crippen LogP contribution in [0.3, 0.4) is 0 Å². The third-order valence-electron chi connectivity index (χ3n) is 2.55. The van der Waals surface area contributed by atoms with E-state index in [4.69, 9.17) is 0 Å². The van der Waals surface area contributed by atoms with Gasteiger partial charge in [0.15, 0.2) is 0 Å². The molecule has 0 amide bonds. The summed E-state index contributed by atoms with van der Waals surface area (Å²) in [7, 11) is 0.